The lowest BCUT2D eigenvalue weighted by molar-refractivity contribution is -0.384. The molecule has 0 heterocycles. The number of carbonyl (C=O) groups excluding carboxylic acids is 1. The van der Waals surface area contributed by atoms with Crippen molar-refractivity contribution in [3.8, 4) is 0 Å². The first-order valence-electron chi connectivity index (χ1n) is 4.37. The maximum absolute atomic E-state index is 10.9. The Bertz CT molecular complexity index is 452. The van der Waals surface area contributed by atoms with Gasteiger partial charge < -0.3 is 15.5 Å². The number of amides is 1. The Hall–Kier alpha value is -2.48. The Morgan fingerprint density at radius 3 is 2.47 bits per heavy atom. The number of nitro benzene ring substituents is 1. The number of hydrogen-bond donors (Lipinski definition) is 3. The highest BCUT2D eigenvalue weighted by Gasteiger charge is 2.14. The van der Waals surface area contributed by atoms with E-state index in [2.05, 4.69) is 5.32 Å². The van der Waals surface area contributed by atoms with Crippen LogP contribution < -0.4 is 5.32 Å². The van der Waals surface area contributed by atoms with Crippen LogP contribution in [0.3, 0.4) is 0 Å². The molecule has 0 atom stereocenters. The van der Waals surface area contributed by atoms with Gasteiger partial charge in [-0.15, -0.1) is 0 Å². The van der Waals surface area contributed by atoms with Crippen molar-refractivity contribution < 1.29 is 24.7 Å². The van der Waals surface area contributed by atoms with Crippen LogP contribution in [0.5, 0.6) is 0 Å². The Morgan fingerprint density at radius 1 is 1.35 bits per heavy atom. The minimum Gasteiger partial charge on any atom is -0.478 e. The highest BCUT2D eigenvalue weighted by Crippen LogP contribution is 2.20. The third-order valence-corrected chi connectivity index (χ3v) is 1.80. The zero-order valence-electron chi connectivity index (χ0n) is 8.41. The lowest BCUT2D eigenvalue weighted by Crippen LogP contribution is -2.16. The fourth-order valence-corrected chi connectivity index (χ4v) is 1.11. The molecule has 0 radical (unpaired) electrons. The van der Waals surface area contributed by atoms with Crippen molar-refractivity contribution in [3.05, 3.63) is 33.9 Å². The predicted molar refractivity (Wildman–Crippen MR) is 55.8 cm³/mol. The van der Waals surface area contributed by atoms with Gasteiger partial charge in [0.2, 0.25) is 5.91 Å². The molecule has 1 aromatic rings. The second kappa shape index (κ2) is 5.03. The zero-order valence-corrected chi connectivity index (χ0v) is 8.41. The number of nitrogens with zero attached hydrogens (tertiary/aromatic N) is 1. The summed E-state index contributed by atoms with van der Waals surface area (Å²) in [6.45, 7) is -0.800. The normalized spacial score (nSPS) is 9.71. The van der Waals surface area contributed by atoms with Crippen LogP contribution in [0.15, 0.2) is 18.2 Å². The number of carbonyl (C=O) groups is 2. The third-order valence-electron chi connectivity index (χ3n) is 1.80. The molecule has 0 unspecified atom stereocenters. The molecule has 0 spiro atoms. The number of carboxylic acid groups (broad SMARTS) is 1. The molecule has 8 heteroatoms. The number of benzene rings is 1. The van der Waals surface area contributed by atoms with Gasteiger partial charge in [0, 0.05) is 17.8 Å². The molecular formula is C9H8N2O6. The molecule has 0 bridgehead atoms. The molecule has 0 aliphatic heterocycles. The number of aliphatic hydroxyl groups is 1. The molecule has 1 amide bonds. The van der Waals surface area contributed by atoms with E-state index >= 15 is 0 Å². The highest BCUT2D eigenvalue weighted by atomic mass is 16.6. The number of carboxylic acids is 1. The van der Waals surface area contributed by atoms with E-state index in [0.29, 0.717) is 0 Å². The molecule has 1 aromatic carbocycles. The summed E-state index contributed by atoms with van der Waals surface area (Å²) in [6, 6.07) is 2.93. The summed E-state index contributed by atoms with van der Waals surface area (Å²) in [5.74, 6) is -2.14. The van der Waals surface area contributed by atoms with E-state index in [1.807, 2.05) is 0 Å². The molecule has 3 N–H and O–H groups in total. The van der Waals surface area contributed by atoms with Crippen LogP contribution in [0.25, 0.3) is 0 Å². The summed E-state index contributed by atoms with van der Waals surface area (Å²) in [7, 11) is 0. The summed E-state index contributed by atoms with van der Waals surface area (Å²) in [4.78, 5) is 31.3. The van der Waals surface area contributed by atoms with E-state index in [9.17, 15) is 19.7 Å². The second-order valence-electron chi connectivity index (χ2n) is 3.04. The van der Waals surface area contributed by atoms with Crippen LogP contribution in [0.1, 0.15) is 10.4 Å². The molecular weight excluding hydrogens is 232 g/mol. The van der Waals surface area contributed by atoms with Crippen molar-refractivity contribution in [1.82, 2.24) is 0 Å². The van der Waals surface area contributed by atoms with Crippen LogP contribution in [0.2, 0.25) is 0 Å². The van der Waals surface area contributed by atoms with Crippen LogP contribution in [-0.2, 0) is 4.79 Å². The average molecular weight is 240 g/mol. The van der Waals surface area contributed by atoms with Gasteiger partial charge in [0.25, 0.3) is 5.69 Å². The monoisotopic (exact) mass is 240 g/mol. The van der Waals surface area contributed by atoms with Crippen LogP contribution >= 0.6 is 0 Å². The molecule has 0 fully saturated rings. The first kappa shape index (κ1) is 12.6. The van der Waals surface area contributed by atoms with E-state index in [1.165, 1.54) is 0 Å². The van der Waals surface area contributed by atoms with Gasteiger partial charge in [-0.1, -0.05) is 0 Å². The number of nitrogens with one attached hydrogen (secondary N) is 1. The zero-order chi connectivity index (χ0) is 13.0. The summed E-state index contributed by atoms with van der Waals surface area (Å²) >= 11 is 0. The molecule has 90 valence electrons. The van der Waals surface area contributed by atoms with Crippen molar-refractivity contribution in [1.29, 1.82) is 0 Å². The van der Waals surface area contributed by atoms with Gasteiger partial charge in [0.05, 0.1) is 10.5 Å². The van der Waals surface area contributed by atoms with Gasteiger partial charge in [-0.25, -0.2) is 4.79 Å². The van der Waals surface area contributed by atoms with Crippen molar-refractivity contribution >= 4 is 23.3 Å². The minimum absolute atomic E-state index is 0.0596. The van der Waals surface area contributed by atoms with Crippen molar-refractivity contribution in [2.75, 3.05) is 11.9 Å². The molecule has 0 saturated heterocycles. The Morgan fingerprint density at radius 2 is 2.00 bits per heavy atom. The second-order valence-corrected chi connectivity index (χ2v) is 3.04. The summed E-state index contributed by atoms with van der Waals surface area (Å²) < 4.78 is 0. The number of aliphatic hydroxyl groups excluding tert-OH is 1. The molecule has 0 aromatic heterocycles. The summed E-state index contributed by atoms with van der Waals surface area (Å²) in [5, 5.41) is 29.9. The van der Waals surface area contributed by atoms with Gasteiger partial charge in [0.15, 0.2) is 0 Å². The predicted octanol–water partition coefficient (Wildman–Crippen LogP) is 0.224. The van der Waals surface area contributed by atoms with Crippen LogP contribution in [0, 0.1) is 10.1 Å². The number of rotatable bonds is 4. The van der Waals surface area contributed by atoms with Crippen LogP contribution in [-0.4, -0.2) is 33.6 Å². The van der Waals surface area contributed by atoms with Gasteiger partial charge in [-0.3, -0.25) is 14.9 Å². The van der Waals surface area contributed by atoms with Crippen molar-refractivity contribution in [2.24, 2.45) is 0 Å². The largest absolute Gasteiger partial charge is 0.478 e. The topological polar surface area (TPSA) is 130 Å². The first-order chi connectivity index (χ1) is 7.93. The van der Waals surface area contributed by atoms with Gasteiger partial charge in [-0.05, 0) is 6.07 Å². The number of hydrogen-bond acceptors (Lipinski definition) is 5. The van der Waals surface area contributed by atoms with Gasteiger partial charge in [-0.2, -0.15) is 0 Å². The van der Waals surface area contributed by atoms with E-state index in [1.54, 1.807) is 0 Å². The Balaban J connectivity index is 3.16. The van der Waals surface area contributed by atoms with Gasteiger partial charge in [0.1, 0.15) is 6.61 Å². The fourth-order valence-electron chi connectivity index (χ4n) is 1.11. The molecule has 8 nitrogen and oxygen atoms in total. The van der Waals surface area contributed by atoms with Crippen LogP contribution in [0.4, 0.5) is 11.4 Å². The lowest BCUT2D eigenvalue weighted by Gasteiger charge is -2.04. The van der Waals surface area contributed by atoms with Crippen molar-refractivity contribution in [3.63, 3.8) is 0 Å². The summed E-state index contributed by atoms with van der Waals surface area (Å²) in [6.07, 6.45) is 0. The maximum atomic E-state index is 10.9. The Labute approximate surface area is 94.6 Å². The smallest absolute Gasteiger partial charge is 0.336 e. The Kier molecular flexibility index (Phi) is 3.73. The number of anilines is 1. The van der Waals surface area contributed by atoms with Gasteiger partial charge >= 0.3 is 5.97 Å². The molecule has 0 aliphatic carbocycles. The van der Waals surface area contributed by atoms with E-state index < -0.39 is 29.1 Å². The van der Waals surface area contributed by atoms with E-state index in [-0.39, 0.29) is 11.3 Å². The highest BCUT2D eigenvalue weighted by molar-refractivity contribution is 5.95. The maximum Gasteiger partial charge on any atom is 0.336 e. The third kappa shape index (κ3) is 3.24. The number of nitro groups is 1. The molecule has 17 heavy (non-hydrogen) atoms. The van der Waals surface area contributed by atoms with Crippen molar-refractivity contribution in [2.45, 2.75) is 0 Å². The average Bonchev–Trinajstić information content (AvgIpc) is 2.28. The van der Waals surface area contributed by atoms with E-state index in [4.69, 9.17) is 10.2 Å². The molecule has 0 saturated carbocycles. The summed E-state index contributed by atoms with van der Waals surface area (Å²) in [5.41, 5.74) is -0.846. The molecule has 0 aliphatic rings. The molecule has 1 rings (SSSR count). The standard InChI is InChI=1S/C9H8N2O6/c12-4-8(13)10-6-1-5(9(14)15)2-7(3-6)11(16)17/h1-3,12H,4H2,(H,10,13)(H,14,15). The van der Waals surface area contributed by atoms with E-state index in [0.717, 1.165) is 18.2 Å². The number of non-ortho nitro benzene ring substituents is 1. The quantitative estimate of drug-likeness (QED) is 0.510. The minimum atomic E-state index is -1.35. The SMILES string of the molecule is O=C(CO)Nc1cc(C(=O)O)cc([N+](=O)[O-])c1. The first-order valence-corrected chi connectivity index (χ1v) is 4.37. The fraction of sp³-hybridized carbons (Fsp3) is 0.111. The lowest BCUT2D eigenvalue weighted by atomic mass is 10.1. The number of aromatic carboxylic acids is 1.